The number of aryl methyl sites for hydroxylation is 2. The Kier molecular flexibility index (Phi) is 6.16. The SMILES string of the molecule is CCOCCCNC(=O)C1CC(=O)N(c2cc(C)cc(C)c2)C1. The molecule has 1 aliphatic rings. The number of hydrogen-bond acceptors (Lipinski definition) is 3. The number of rotatable bonds is 7. The summed E-state index contributed by atoms with van der Waals surface area (Å²) in [4.78, 5) is 26.2. The molecular weight excluding hydrogens is 292 g/mol. The molecule has 1 atom stereocenters. The summed E-state index contributed by atoms with van der Waals surface area (Å²) >= 11 is 0. The van der Waals surface area contributed by atoms with Gasteiger partial charge in [0.25, 0.3) is 0 Å². The lowest BCUT2D eigenvalue weighted by atomic mass is 10.1. The third-order valence-corrected chi connectivity index (χ3v) is 3.98. The van der Waals surface area contributed by atoms with Gasteiger partial charge in [-0.1, -0.05) is 6.07 Å². The average Bonchev–Trinajstić information content (AvgIpc) is 2.88. The Labute approximate surface area is 138 Å². The Bertz CT molecular complexity index is 551. The zero-order valence-electron chi connectivity index (χ0n) is 14.2. The maximum atomic E-state index is 12.3. The fraction of sp³-hybridized carbons (Fsp3) is 0.556. The minimum atomic E-state index is -0.268. The summed E-state index contributed by atoms with van der Waals surface area (Å²) in [5.74, 6) is -0.290. The molecule has 0 radical (unpaired) electrons. The van der Waals surface area contributed by atoms with Crippen molar-refractivity contribution < 1.29 is 14.3 Å². The first-order chi connectivity index (χ1) is 11.0. The second-order valence-corrected chi connectivity index (χ2v) is 6.09. The van der Waals surface area contributed by atoms with Crippen LogP contribution in [0.15, 0.2) is 18.2 Å². The number of amides is 2. The number of hydrogen-bond donors (Lipinski definition) is 1. The number of nitrogens with one attached hydrogen (secondary N) is 1. The molecule has 1 unspecified atom stereocenters. The molecule has 0 spiro atoms. The second-order valence-electron chi connectivity index (χ2n) is 6.09. The number of carbonyl (C=O) groups excluding carboxylic acids is 2. The van der Waals surface area contributed by atoms with E-state index in [1.54, 1.807) is 4.90 Å². The normalized spacial score (nSPS) is 17.6. The monoisotopic (exact) mass is 318 g/mol. The number of carbonyl (C=O) groups is 2. The second kappa shape index (κ2) is 8.11. The molecular formula is C18H26N2O3. The van der Waals surface area contributed by atoms with E-state index in [1.165, 1.54) is 0 Å². The predicted molar refractivity (Wildman–Crippen MR) is 90.5 cm³/mol. The van der Waals surface area contributed by atoms with Crippen LogP contribution < -0.4 is 10.2 Å². The van der Waals surface area contributed by atoms with Gasteiger partial charge in [0.05, 0.1) is 5.92 Å². The highest BCUT2D eigenvalue weighted by molar-refractivity contribution is 6.00. The Morgan fingerprint density at radius 3 is 2.65 bits per heavy atom. The third kappa shape index (κ3) is 4.79. The van der Waals surface area contributed by atoms with Gasteiger partial charge in [-0.2, -0.15) is 0 Å². The van der Waals surface area contributed by atoms with Crippen LogP contribution >= 0.6 is 0 Å². The summed E-state index contributed by atoms with van der Waals surface area (Å²) in [6.45, 7) is 8.36. The van der Waals surface area contributed by atoms with Gasteiger partial charge in [0, 0.05) is 38.4 Å². The highest BCUT2D eigenvalue weighted by atomic mass is 16.5. The highest BCUT2D eigenvalue weighted by Gasteiger charge is 2.35. The van der Waals surface area contributed by atoms with E-state index in [1.807, 2.05) is 32.9 Å². The summed E-state index contributed by atoms with van der Waals surface area (Å²) in [6, 6.07) is 6.06. The summed E-state index contributed by atoms with van der Waals surface area (Å²) in [7, 11) is 0. The first-order valence-electron chi connectivity index (χ1n) is 8.25. The lowest BCUT2D eigenvalue weighted by molar-refractivity contribution is -0.126. The van der Waals surface area contributed by atoms with E-state index in [0.29, 0.717) is 26.3 Å². The van der Waals surface area contributed by atoms with Gasteiger partial charge in [0.2, 0.25) is 11.8 Å². The van der Waals surface area contributed by atoms with E-state index in [2.05, 4.69) is 11.4 Å². The number of nitrogens with zero attached hydrogens (tertiary/aromatic N) is 1. The van der Waals surface area contributed by atoms with Gasteiger partial charge < -0.3 is 15.0 Å². The molecule has 1 aromatic rings. The molecule has 2 rings (SSSR count). The molecule has 1 saturated heterocycles. The molecule has 5 nitrogen and oxygen atoms in total. The third-order valence-electron chi connectivity index (χ3n) is 3.98. The number of anilines is 1. The Morgan fingerprint density at radius 2 is 2.00 bits per heavy atom. The summed E-state index contributed by atoms with van der Waals surface area (Å²) in [6.07, 6.45) is 1.07. The van der Waals surface area contributed by atoms with Gasteiger partial charge in [-0.25, -0.2) is 0 Å². The molecule has 1 heterocycles. The van der Waals surface area contributed by atoms with Crippen molar-refractivity contribution in [1.82, 2.24) is 5.32 Å². The smallest absolute Gasteiger partial charge is 0.227 e. The zero-order chi connectivity index (χ0) is 16.8. The minimum absolute atomic E-state index is 0.0180. The molecule has 1 aliphatic heterocycles. The van der Waals surface area contributed by atoms with E-state index in [-0.39, 0.29) is 24.2 Å². The maximum absolute atomic E-state index is 12.3. The lowest BCUT2D eigenvalue weighted by Gasteiger charge is -2.18. The van der Waals surface area contributed by atoms with E-state index in [4.69, 9.17) is 4.74 Å². The molecule has 0 bridgehead atoms. The molecule has 5 heteroatoms. The van der Waals surface area contributed by atoms with Crippen LogP contribution in [-0.2, 0) is 14.3 Å². The molecule has 126 valence electrons. The standard InChI is InChI=1S/C18H26N2O3/c1-4-23-7-5-6-19-18(22)15-11-17(21)20(12-15)16-9-13(2)8-14(3)10-16/h8-10,15H,4-7,11-12H2,1-3H3,(H,19,22). The maximum Gasteiger partial charge on any atom is 0.227 e. The van der Waals surface area contributed by atoms with E-state index in [0.717, 1.165) is 23.2 Å². The van der Waals surface area contributed by atoms with Gasteiger partial charge in [0.15, 0.2) is 0 Å². The van der Waals surface area contributed by atoms with Gasteiger partial charge in [0.1, 0.15) is 0 Å². The van der Waals surface area contributed by atoms with Crippen LogP contribution in [-0.4, -0.2) is 38.1 Å². The van der Waals surface area contributed by atoms with Crippen LogP contribution in [0.5, 0.6) is 0 Å². The molecule has 0 saturated carbocycles. The highest BCUT2D eigenvalue weighted by Crippen LogP contribution is 2.27. The van der Waals surface area contributed by atoms with Gasteiger partial charge in [-0.3, -0.25) is 9.59 Å². The Hall–Kier alpha value is -1.88. The fourth-order valence-corrected chi connectivity index (χ4v) is 2.91. The predicted octanol–water partition coefficient (Wildman–Crippen LogP) is 2.20. The largest absolute Gasteiger partial charge is 0.382 e. The van der Waals surface area contributed by atoms with Crippen molar-refractivity contribution in [3.05, 3.63) is 29.3 Å². The van der Waals surface area contributed by atoms with Crippen LogP contribution in [0.25, 0.3) is 0 Å². The quantitative estimate of drug-likeness (QED) is 0.784. The number of benzene rings is 1. The zero-order valence-corrected chi connectivity index (χ0v) is 14.2. The minimum Gasteiger partial charge on any atom is -0.382 e. The Balaban J connectivity index is 1.90. The molecule has 0 aliphatic carbocycles. The van der Waals surface area contributed by atoms with Gasteiger partial charge >= 0.3 is 0 Å². The first-order valence-corrected chi connectivity index (χ1v) is 8.25. The van der Waals surface area contributed by atoms with Crippen LogP contribution in [0, 0.1) is 19.8 Å². The van der Waals surface area contributed by atoms with Crippen molar-refractivity contribution in [2.75, 3.05) is 31.2 Å². The van der Waals surface area contributed by atoms with Crippen LogP contribution in [0.2, 0.25) is 0 Å². The lowest BCUT2D eigenvalue weighted by Crippen LogP contribution is -2.33. The van der Waals surface area contributed by atoms with Crippen LogP contribution in [0.4, 0.5) is 5.69 Å². The molecule has 1 fully saturated rings. The van der Waals surface area contributed by atoms with Crippen molar-refractivity contribution >= 4 is 17.5 Å². The average molecular weight is 318 g/mol. The van der Waals surface area contributed by atoms with E-state index >= 15 is 0 Å². The van der Waals surface area contributed by atoms with Crippen molar-refractivity contribution in [2.24, 2.45) is 5.92 Å². The van der Waals surface area contributed by atoms with E-state index < -0.39 is 0 Å². The molecule has 2 amide bonds. The fourth-order valence-electron chi connectivity index (χ4n) is 2.91. The van der Waals surface area contributed by atoms with Crippen molar-refractivity contribution in [3.8, 4) is 0 Å². The first kappa shape index (κ1) is 17.5. The van der Waals surface area contributed by atoms with Crippen LogP contribution in [0.3, 0.4) is 0 Å². The van der Waals surface area contributed by atoms with Crippen molar-refractivity contribution in [3.63, 3.8) is 0 Å². The van der Waals surface area contributed by atoms with Crippen molar-refractivity contribution in [2.45, 2.75) is 33.6 Å². The van der Waals surface area contributed by atoms with E-state index in [9.17, 15) is 9.59 Å². The summed E-state index contributed by atoms with van der Waals surface area (Å²) in [5, 5.41) is 2.90. The Morgan fingerprint density at radius 1 is 1.30 bits per heavy atom. The molecule has 1 N–H and O–H groups in total. The van der Waals surface area contributed by atoms with Crippen LogP contribution in [0.1, 0.15) is 30.9 Å². The molecule has 0 aromatic heterocycles. The number of ether oxygens (including phenoxy) is 1. The van der Waals surface area contributed by atoms with Gasteiger partial charge in [-0.05, 0) is 50.5 Å². The van der Waals surface area contributed by atoms with Gasteiger partial charge in [-0.15, -0.1) is 0 Å². The molecule has 1 aromatic carbocycles. The molecule has 23 heavy (non-hydrogen) atoms. The summed E-state index contributed by atoms with van der Waals surface area (Å²) in [5.41, 5.74) is 3.13. The van der Waals surface area contributed by atoms with Crippen molar-refractivity contribution in [1.29, 1.82) is 0 Å². The summed E-state index contributed by atoms with van der Waals surface area (Å²) < 4.78 is 5.24. The topological polar surface area (TPSA) is 58.6 Å².